The molecule has 1 saturated heterocycles. The molecule has 1 N–H and O–H groups in total. The van der Waals surface area contributed by atoms with Gasteiger partial charge in [-0.2, -0.15) is 5.10 Å². The molecule has 1 aromatic carbocycles. The molecule has 0 radical (unpaired) electrons. The number of piperidine rings is 1. The van der Waals surface area contributed by atoms with E-state index in [1.54, 1.807) is 4.68 Å². The number of benzene rings is 1. The molecule has 1 atom stereocenters. The van der Waals surface area contributed by atoms with E-state index in [0.29, 0.717) is 24.3 Å². The summed E-state index contributed by atoms with van der Waals surface area (Å²) in [6.07, 6.45) is 1.75. The Hall–Kier alpha value is -3.22. The van der Waals surface area contributed by atoms with Gasteiger partial charge in [0.25, 0.3) is 5.91 Å². The highest BCUT2D eigenvalue weighted by Gasteiger charge is 2.28. The van der Waals surface area contributed by atoms with Crippen molar-refractivity contribution in [1.82, 2.24) is 25.0 Å². The quantitative estimate of drug-likeness (QED) is 0.704. The van der Waals surface area contributed by atoms with E-state index in [2.05, 4.69) is 10.4 Å². The number of aryl methyl sites for hydroxylation is 2. The van der Waals surface area contributed by atoms with Gasteiger partial charge in [-0.15, -0.1) is 0 Å². The summed E-state index contributed by atoms with van der Waals surface area (Å²) in [7, 11) is 1.85. The number of pyridine rings is 1. The van der Waals surface area contributed by atoms with Crippen molar-refractivity contribution >= 4 is 22.8 Å². The average Bonchev–Trinajstić information content (AvgIpc) is 3.07. The second kappa shape index (κ2) is 8.49. The molecule has 0 saturated carbocycles. The SMILES string of the molecule is Cc1nn(C)c2nc(-c3ccccc3)cc(C(=O)N3CCCC(NC(=O)C(C)C)C3)c12. The second-order valence-electron chi connectivity index (χ2n) is 8.58. The number of carbonyl (C=O) groups excluding carboxylic acids is 2. The number of aromatic nitrogens is 3. The molecule has 7 heteroatoms. The largest absolute Gasteiger partial charge is 0.351 e. The minimum absolute atomic E-state index is 0.0199. The van der Waals surface area contributed by atoms with Gasteiger partial charge in [-0.1, -0.05) is 44.2 Å². The summed E-state index contributed by atoms with van der Waals surface area (Å²) in [5, 5.41) is 8.39. The fraction of sp³-hybridized carbons (Fsp3) is 0.417. The minimum atomic E-state index is -0.0719. The molecular weight excluding hydrogens is 390 g/mol. The van der Waals surface area contributed by atoms with Crippen LogP contribution in [0.3, 0.4) is 0 Å². The molecule has 2 amide bonds. The molecule has 7 nitrogen and oxygen atoms in total. The van der Waals surface area contributed by atoms with Crippen molar-refractivity contribution in [2.75, 3.05) is 13.1 Å². The number of hydrogen-bond acceptors (Lipinski definition) is 4. The Morgan fingerprint density at radius 2 is 1.94 bits per heavy atom. The van der Waals surface area contributed by atoms with E-state index in [1.165, 1.54) is 0 Å². The van der Waals surface area contributed by atoms with E-state index in [4.69, 9.17) is 4.98 Å². The van der Waals surface area contributed by atoms with Crippen LogP contribution >= 0.6 is 0 Å². The summed E-state index contributed by atoms with van der Waals surface area (Å²) in [5.41, 5.74) is 3.81. The van der Waals surface area contributed by atoms with E-state index < -0.39 is 0 Å². The van der Waals surface area contributed by atoms with Crippen LogP contribution in [0.15, 0.2) is 36.4 Å². The highest BCUT2D eigenvalue weighted by atomic mass is 16.2. The van der Waals surface area contributed by atoms with Crippen LogP contribution in [-0.4, -0.2) is 50.6 Å². The molecule has 0 aliphatic carbocycles. The molecule has 162 valence electrons. The molecule has 1 fully saturated rings. The Balaban J connectivity index is 1.71. The lowest BCUT2D eigenvalue weighted by Crippen LogP contribution is -2.50. The maximum absolute atomic E-state index is 13.7. The Morgan fingerprint density at radius 1 is 1.19 bits per heavy atom. The molecule has 1 unspecified atom stereocenters. The minimum Gasteiger partial charge on any atom is -0.351 e. The number of carbonyl (C=O) groups is 2. The predicted octanol–water partition coefficient (Wildman–Crippen LogP) is 3.32. The van der Waals surface area contributed by atoms with Crippen molar-refractivity contribution in [3.63, 3.8) is 0 Å². The van der Waals surface area contributed by atoms with E-state index in [1.807, 2.05) is 69.1 Å². The Labute approximate surface area is 182 Å². The molecular formula is C24H29N5O2. The lowest BCUT2D eigenvalue weighted by Gasteiger charge is -2.33. The topological polar surface area (TPSA) is 80.1 Å². The van der Waals surface area contributed by atoms with Gasteiger partial charge in [0.05, 0.1) is 22.3 Å². The van der Waals surface area contributed by atoms with Crippen LogP contribution < -0.4 is 5.32 Å². The summed E-state index contributed by atoms with van der Waals surface area (Å²) in [5.74, 6) is -0.0818. The molecule has 2 aromatic heterocycles. The highest BCUT2D eigenvalue weighted by molar-refractivity contribution is 6.07. The monoisotopic (exact) mass is 419 g/mol. The van der Waals surface area contributed by atoms with Gasteiger partial charge in [-0.3, -0.25) is 14.3 Å². The van der Waals surface area contributed by atoms with Gasteiger partial charge in [0.15, 0.2) is 5.65 Å². The second-order valence-corrected chi connectivity index (χ2v) is 8.58. The predicted molar refractivity (Wildman–Crippen MR) is 121 cm³/mol. The maximum atomic E-state index is 13.7. The van der Waals surface area contributed by atoms with Crippen molar-refractivity contribution in [2.24, 2.45) is 13.0 Å². The number of nitrogens with one attached hydrogen (secondary N) is 1. The summed E-state index contributed by atoms with van der Waals surface area (Å²) < 4.78 is 1.73. The first-order chi connectivity index (χ1) is 14.8. The van der Waals surface area contributed by atoms with Crippen molar-refractivity contribution < 1.29 is 9.59 Å². The summed E-state index contributed by atoms with van der Waals surface area (Å²) >= 11 is 0. The van der Waals surface area contributed by atoms with Crippen molar-refractivity contribution in [1.29, 1.82) is 0 Å². The van der Waals surface area contributed by atoms with Gasteiger partial charge in [-0.25, -0.2) is 4.98 Å². The lowest BCUT2D eigenvalue weighted by atomic mass is 10.0. The number of hydrogen-bond donors (Lipinski definition) is 1. The van der Waals surface area contributed by atoms with E-state index in [9.17, 15) is 9.59 Å². The molecule has 0 spiro atoms. The molecule has 0 bridgehead atoms. The molecule has 4 rings (SSSR count). The Kier molecular flexibility index (Phi) is 5.76. The van der Waals surface area contributed by atoms with Gasteiger partial charge in [0.2, 0.25) is 5.91 Å². The van der Waals surface area contributed by atoms with E-state index in [0.717, 1.165) is 35.2 Å². The highest BCUT2D eigenvalue weighted by Crippen LogP contribution is 2.28. The van der Waals surface area contributed by atoms with Crippen LogP contribution in [0.25, 0.3) is 22.3 Å². The molecule has 3 heterocycles. The van der Waals surface area contributed by atoms with Crippen molar-refractivity contribution in [2.45, 2.75) is 39.7 Å². The zero-order valence-corrected chi connectivity index (χ0v) is 18.6. The Morgan fingerprint density at radius 3 is 2.65 bits per heavy atom. The van der Waals surface area contributed by atoms with E-state index >= 15 is 0 Å². The smallest absolute Gasteiger partial charge is 0.254 e. The number of likely N-dealkylation sites (tertiary alicyclic amines) is 1. The maximum Gasteiger partial charge on any atom is 0.254 e. The normalized spacial score (nSPS) is 16.7. The lowest BCUT2D eigenvalue weighted by molar-refractivity contribution is -0.125. The molecule has 1 aliphatic heterocycles. The molecule has 3 aromatic rings. The van der Waals surface area contributed by atoms with Crippen LogP contribution in [0.1, 0.15) is 42.7 Å². The number of amides is 2. The van der Waals surface area contributed by atoms with E-state index in [-0.39, 0.29) is 23.8 Å². The number of nitrogens with zero attached hydrogens (tertiary/aromatic N) is 4. The first kappa shape index (κ1) is 21.0. The van der Waals surface area contributed by atoms with Gasteiger partial charge >= 0.3 is 0 Å². The van der Waals surface area contributed by atoms with Gasteiger partial charge in [-0.05, 0) is 25.8 Å². The van der Waals surface area contributed by atoms with Gasteiger partial charge in [0, 0.05) is 37.7 Å². The zero-order valence-electron chi connectivity index (χ0n) is 18.6. The third kappa shape index (κ3) is 4.17. The molecule has 1 aliphatic rings. The van der Waals surface area contributed by atoms with Gasteiger partial charge < -0.3 is 10.2 Å². The van der Waals surface area contributed by atoms with Gasteiger partial charge in [0.1, 0.15) is 0 Å². The van der Waals surface area contributed by atoms with Crippen LogP contribution in [0.5, 0.6) is 0 Å². The first-order valence-corrected chi connectivity index (χ1v) is 10.8. The number of rotatable bonds is 4. The standard InChI is InChI=1S/C24H29N5O2/c1-15(2)23(30)25-18-11-8-12-29(14-18)24(31)19-13-20(17-9-6-5-7-10-17)26-22-21(19)16(3)27-28(22)4/h5-7,9-10,13,15,18H,8,11-12,14H2,1-4H3,(H,25,30). The number of fused-ring (bicyclic) bond motifs is 1. The fourth-order valence-electron chi connectivity index (χ4n) is 4.19. The van der Waals surface area contributed by atoms with Crippen molar-refractivity contribution in [3.05, 3.63) is 47.7 Å². The third-order valence-corrected chi connectivity index (χ3v) is 5.85. The van der Waals surface area contributed by atoms with Crippen LogP contribution in [0, 0.1) is 12.8 Å². The van der Waals surface area contributed by atoms with Crippen LogP contribution in [0.2, 0.25) is 0 Å². The summed E-state index contributed by atoms with van der Waals surface area (Å²) in [6, 6.07) is 11.7. The Bertz CT molecular complexity index is 1120. The van der Waals surface area contributed by atoms with Crippen molar-refractivity contribution in [3.8, 4) is 11.3 Å². The fourth-order valence-corrected chi connectivity index (χ4v) is 4.19. The summed E-state index contributed by atoms with van der Waals surface area (Å²) in [6.45, 7) is 6.86. The first-order valence-electron chi connectivity index (χ1n) is 10.8. The van der Waals surface area contributed by atoms with Crippen LogP contribution in [0.4, 0.5) is 0 Å². The summed E-state index contributed by atoms with van der Waals surface area (Å²) in [4.78, 5) is 32.5. The third-order valence-electron chi connectivity index (χ3n) is 5.85. The van der Waals surface area contributed by atoms with Crippen LogP contribution in [-0.2, 0) is 11.8 Å². The molecule has 31 heavy (non-hydrogen) atoms. The zero-order chi connectivity index (χ0) is 22.1. The average molecular weight is 420 g/mol.